The Balaban J connectivity index is 2.25. The fourth-order valence-electron chi connectivity index (χ4n) is 2.30. The first-order chi connectivity index (χ1) is 10.1. The zero-order valence-electron chi connectivity index (χ0n) is 11.9. The SMILES string of the molecule is CCCNC(Cc1cccc(Br)c1)c1cc(Cl)cc(Br)c1. The molecule has 0 aliphatic carbocycles. The number of nitrogens with one attached hydrogen (secondary N) is 1. The monoisotopic (exact) mass is 429 g/mol. The molecule has 0 aromatic heterocycles. The fraction of sp³-hybridized carbons (Fsp3) is 0.294. The topological polar surface area (TPSA) is 12.0 Å². The fourth-order valence-corrected chi connectivity index (χ4v) is 3.64. The van der Waals surface area contributed by atoms with Gasteiger partial charge in [-0.05, 0) is 60.8 Å². The van der Waals surface area contributed by atoms with Crippen molar-refractivity contribution >= 4 is 43.5 Å². The van der Waals surface area contributed by atoms with Crippen LogP contribution >= 0.6 is 43.5 Å². The summed E-state index contributed by atoms with van der Waals surface area (Å²) in [6, 6.07) is 14.8. The van der Waals surface area contributed by atoms with E-state index in [1.54, 1.807) is 0 Å². The molecule has 0 amide bonds. The Hall–Kier alpha value is -0.350. The molecule has 0 fully saturated rings. The van der Waals surface area contributed by atoms with Crippen LogP contribution in [0.5, 0.6) is 0 Å². The minimum atomic E-state index is 0.259. The normalized spacial score (nSPS) is 12.4. The molecule has 0 aliphatic heterocycles. The van der Waals surface area contributed by atoms with E-state index in [1.165, 1.54) is 11.1 Å². The molecule has 0 heterocycles. The number of rotatable bonds is 6. The first kappa shape index (κ1) is 17.0. The van der Waals surface area contributed by atoms with Gasteiger partial charge in [-0.15, -0.1) is 0 Å². The summed E-state index contributed by atoms with van der Waals surface area (Å²) in [5.41, 5.74) is 2.51. The lowest BCUT2D eigenvalue weighted by Crippen LogP contribution is -2.24. The van der Waals surface area contributed by atoms with Crippen LogP contribution in [0.3, 0.4) is 0 Å². The molecule has 0 saturated heterocycles. The molecule has 1 unspecified atom stereocenters. The molecule has 0 radical (unpaired) electrons. The van der Waals surface area contributed by atoms with Crippen LogP contribution in [0.1, 0.15) is 30.5 Å². The van der Waals surface area contributed by atoms with E-state index in [-0.39, 0.29) is 6.04 Å². The van der Waals surface area contributed by atoms with Crippen LogP contribution in [0.4, 0.5) is 0 Å². The van der Waals surface area contributed by atoms with Crippen LogP contribution in [0, 0.1) is 0 Å². The minimum Gasteiger partial charge on any atom is -0.310 e. The van der Waals surface area contributed by atoms with E-state index < -0.39 is 0 Å². The van der Waals surface area contributed by atoms with Crippen LogP contribution in [0.2, 0.25) is 5.02 Å². The van der Waals surface area contributed by atoms with Crippen LogP contribution < -0.4 is 5.32 Å². The maximum atomic E-state index is 6.19. The number of hydrogen-bond acceptors (Lipinski definition) is 1. The first-order valence-corrected chi connectivity index (χ1v) is 8.98. The minimum absolute atomic E-state index is 0.259. The molecule has 21 heavy (non-hydrogen) atoms. The van der Waals surface area contributed by atoms with Crippen LogP contribution in [0.25, 0.3) is 0 Å². The zero-order chi connectivity index (χ0) is 15.2. The molecule has 0 aliphatic rings. The number of halogens is 3. The molecule has 2 rings (SSSR count). The third kappa shape index (κ3) is 5.41. The van der Waals surface area contributed by atoms with Crippen molar-refractivity contribution in [1.29, 1.82) is 0 Å². The van der Waals surface area contributed by atoms with Crippen molar-refractivity contribution < 1.29 is 0 Å². The van der Waals surface area contributed by atoms with Crippen molar-refractivity contribution in [3.05, 3.63) is 67.6 Å². The summed E-state index contributed by atoms with van der Waals surface area (Å²) in [5, 5.41) is 4.37. The molecule has 1 atom stereocenters. The second kappa shape index (κ2) is 8.33. The first-order valence-electron chi connectivity index (χ1n) is 7.02. The van der Waals surface area contributed by atoms with E-state index in [4.69, 9.17) is 11.6 Å². The second-order valence-electron chi connectivity index (χ2n) is 5.04. The van der Waals surface area contributed by atoms with Gasteiger partial charge in [-0.25, -0.2) is 0 Å². The van der Waals surface area contributed by atoms with E-state index in [0.717, 1.165) is 33.4 Å². The summed E-state index contributed by atoms with van der Waals surface area (Å²) in [6.07, 6.45) is 2.04. The Morgan fingerprint density at radius 3 is 2.57 bits per heavy atom. The van der Waals surface area contributed by atoms with Gasteiger partial charge >= 0.3 is 0 Å². The summed E-state index contributed by atoms with van der Waals surface area (Å²) in [5.74, 6) is 0. The lowest BCUT2D eigenvalue weighted by molar-refractivity contribution is 0.529. The molecule has 0 spiro atoms. The van der Waals surface area contributed by atoms with Gasteiger partial charge < -0.3 is 5.32 Å². The van der Waals surface area contributed by atoms with Crippen molar-refractivity contribution in [3.63, 3.8) is 0 Å². The highest BCUT2D eigenvalue weighted by Gasteiger charge is 2.13. The average molecular weight is 432 g/mol. The molecule has 112 valence electrons. The third-order valence-electron chi connectivity index (χ3n) is 3.26. The maximum Gasteiger partial charge on any atom is 0.0420 e. The van der Waals surface area contributed by atoms with Crippen molar-refractivity contribution in [2.75, 3.05) is 6.54 Å². The standard InChI is InChI=1S/C17H18Br2ClN/c1-2-6-21-17(8-12-4-3-5-14(18)7-12)13-9-15(19)11-16(20)10-13/h3-5,7,9-11,17,21H,2,6,8H2,1H3. The Labute approximate surface area is 148 Å². The Kier molecular flexibility index (Phi) is 6.74. The quantitative estimate of drug-likeness (QED) is 0.579. The Morgan fingerprint density at radius 2 is 1.90 bits per heavy atom. The molecule has 2 aromatic carbocycles. The second-order valence-corrected chi connectivity index (χ2v) is 7.31. The lowest BCUT2D eigenvalue weighted by atomic mass is 9.99. The van der Waals surface area contributed by atoms with Crippen molar-refractivity contribution in [1.82, 2.24) is 5.32 Å². The van der Waals surface area contributed by atoms with E-state index >= 15 is 0 Å². The van der Waals surface area contributed by atoms with Crippen molar-refractivity contribution in [3.8, 4) is 0 Å². The van der Waals surface area contributed by atoms with Crippen molar-refractivity contribution in [2.45, 2.75) is 25.8 Å². The van der Waals surface area contributed by atoms with E-state index in [0.29, 0.717) is 0 Å². The van der Waals surface area contributed by atoms with Gasteiger partial charge in [-0.3, -0.25) is 0 Å². The molecular weight excluding hydrogens is 413 g/mol. The highest BCUT2D eigenvalue weighted by Crippen LogP contribution is 2.26. The highest BCUT2D eigenvalue weighted by molar-refractivity contribution is 9.10. The van der Waals surface area contributed by atoms with Crippen LogP contribution in [-0.4, -0.2) is 6.54 Å². The van der Waals surface area contributed by atoms with Crippen LogP contribution in [0.15, 0.2) is 51.4 Å². The van der Waals surface area contributed by atoms with Gasteiger partial charge in [-0.2, -0.15) is 0 Å². The van der Waals surface area contributed by atoms with Gasteiger partial charge in [0.1, 0.15) is 0 Å². The van der Waals surface area contributed by atoms with E-state index in [1.807, 2.05) is 18.2 Å². The number of benzene rings is 2. The number of hydrogen-bond donors (Lipinski definition) is 1. The summed E-state index contributed by atoms with van der Waals surface area (Å²) in [6.45, 7) is 3.17. The largest absolute Gasteiger partial charge is 0.310 e. The third-order valence-corrected chi connectivity index (χ3v) is 4.43. The summed E-state index contributed by atoms with van der Waals surface area (Å²) < 4.78 is 2.13. The van der Waals surface area contributed by atoms with Gasteiger partial charge in [0.15, 0.2) is 0 Å². The summed E-state index contributed by atoms with van der Waals surface area (Å²) >= 11 is 13.3. The van der Waals surface area contributed by atoms with Crippen molar-refractivity contribution in [2.24, 2.45) is 0 Å². The molecule has 1 N–H and O–H groups in total. The summed E-state index contributed by atoms with van der Waals surface area (Å²) in [4.78, 5) is 0. The predicted octanol–water partition coefficient (Wildman–Crippen LogP) is 6.15. The van der Waals surface area contributed by atoms with Gasteiger partial charge in [0, 0.05) is 20.0 Å². The summed E-state index contributed by atoms with van der Waals surface area (Å²) in [7, 11) is 0. The van der Waals surface area contributed by atoms with Gasteiger partial charge in [-0.1, -0.05) is 62.5 Å². The maximum absolute atomic E-state index is 6.19. The lowest BCUT2D eigenvalue weighted by Gasteiger charge is -2.20. The predicted molar refractivity (Wildman–Crippen MR) is 98.0 cm³/mol. The zero-order valence-corrected chi connectivity index (χ0v) is 15.8. The molecule has 4 heteroatoms. The molecule has 0 saturated carbocycles. The average Bonchev–Trinajstić information content (AvgIpc) is 2.42. The Bertz CT molecular complexity index is 581. The van der Waals surface area contributed by atoms with Gasteiger partial charge in [0.2, 0.25) is 0 Å². The van der Waals surface area contributed by atoms with E-state index in [9.17, 15) is 0 Å². The molecular formula is C17H18Br2ClN. The molecule has 0 bridgehead atoms. The van der Waals surface area contributed by atoms with E-state index in [2.05, 4.69) is 68.4 Å². The van der Waals surface area contributed by atoms with Crippen LogP contribution in [-0.2, 0) is 6.42 Å². The van der Waals surface area contributed by atoms with Gasteiger partial charge in [0.25, 0.3) is 0 Å². The van der Waals surface area contributed by atoms with Gasteiger partial charge in [0.05, 0.1) is 0 Å². The smallest absolute Gasteiger partial charge is 0.0420 e. The molecule has 1 nitrogen and oxygen atoms in total. The Morgan fingerprint density at radius 1 is 1.10 bits per heavy atom. The molecule has 2 aromatic rings. The highest BCUT2D eigenvalue weighted by atomic mass is 79.9.